The van der Waals surface area contributed by atoms with Gasteiger partial charge in [0.05, 0.1) is 18.6 Å². The van der Waals surface area contributed by atoms with Gasteiger partial charge in [0.1, 0.15) is 5.75 Å². The third-order valence-electron chi connectivity index (χ3n) is 4.41. The Kier molecular flexibility index (Phi) is 6.88. The van der Waals surface area contributed by atoms with Crippen LogP contribution in [0.25, 0.3) is 17.1 Å². The largest absolute Gasteiger partial charge is 0.497 e. The van der Waals surface area contributed by atoms with Crippen LogP contribution in [-0.2, 0) is 4.79 Å². The summed E-state index contributed by atoms with van der Waals surface area (Å²) < 4.78 is 7.15. The first-order valence-corrected chi connectivity index (χ1v) is 10.9. The number of carbonyl (C=O) groups excluding carboxylic acids is 1. The van der Waals surface area contributed by atoms with E-state index in [1.54, 1.807) is 43.8 Å². The molecule has 32 heavy (non-hydrogen) atoms. The van der Waals surface area contributed by atoms with Gasteiger partial charge in [-0.25, -0.2) is 0 Å². The fraction of sp³-hybridized carbons (Fsp3) is 0.0909. The fourth-order valence-electron chi connectivity index (χ4n) is 2.85. The van der Waals surface area contributed by atoms with E-state index in [1.807, 2.05) is 41.0 Å². The normalized spacial score (nSPS) is 10.6. The molecule has 2 N–H and O–H groups in total. The van der Waals surface area contributed by atoms with Crippen LogP contribution in [0, 0.1) is 0 Å². The van der Waals surface area contributed by atoms with Crippen molar-refractivity contribution in [2.75, 3.05) is 18.3 Å². The number of hydrazine groups is 1. The van der Waals surface area contributed by atoms with Gasteiger partial charge in [-0.15, -0.1) is 10.2 Å². The van der Waals surface area contributed by atoms with E-state index in [0.29, 0.717) is 16.0 Å². The van der Waals surface area contributed by atoms with E-state index in [1.165, 1.54) is 11.8 Å². The molecular formula is C22H19ClN6O2S. The summed E-state index contributed by atoms with van der Waals surface area (Å²) in [5.74, 6) is 1.30. The zero-order valence-corrected chi connectivity index (χ0v) is 18.6. The molecule has 0 aliphatic heterocycles. The molecule has 1 amide bonds. The van der Waals surface area contributed by atoms with Crippen LogP contribution in [0.15, 0.2) is 78.2 Å². The SMILES string of the molecule is COc1ccc(-n2c(SCC(=O)NNc3ccc(Cl)cc3)nnc2-c2cccnc2)cc1. The molecule has 2 aromatic carbocycles. The van der Waals surface area contributed by atoms with E-state index in [4.69, 9.17) is 16.3 Å². The van der Waals surface area contributed by atoms with Crippen LogP contribution in [0.5, 0.6) is 5.75 Å². The van der Waals surface area contributed by atoms with E-state index < -0.39 is 0 Å². The van der Waals surface area contributed by atoms with E-state index in [-0.39, 0.29) is 11.7 Å². The topological polar surface area (TPSA) is 94.0 Å². The van der Waals surface area contributed by atoms with Crippen LogP contribution in [0.1, 0.15) is 0 Å². The van der Waals surface area contributed by atoms with Gasteiger partial charge < -0.3 is 4.74 Å². The minimum atomic E-state index is -0.211. The highest BCUT2D eigenvalue weighted by molar-refractivity contribution is 7.99. The van der Waals surface area contributed by atoms with E-state index in [0.717, 1.165) is 22.7 Å². The zero-order valence-electron chi connectivity index (χ0n) is 17.0. The molecule has 0 saturated heterocycles. The summed E-state index contributed by atoms with van der Waals surface area (Å²) in [6, 6.07) is 18.3. The Balaban J connectivity index is 1.52. The summed E-state index contributed by atoms with van der Waals surface area (Å²) in [5, 5.41) is 9.86. The quantitative estimate of drug-likeness (QED) is 0.296. The molecule has 8 nitrogen and oxygen atoms in total. The van der Waals surface area contributed by atoms with Gasteiger partial charge in [0.2, 0.25) is 5.91 Å². The van der Waals surface area contributed by atoms with Crippen molar-refractivity contribution in [3.05, 3.63) is 78.1 Å². The Morgan fingerprint density at radius 1 is 1.09 bits per heavy atom. The third kappa shape index (κ3) is 5.19. The van der Waals surface area contributed by atoms with Crippen LogP contribution in [-0.4, -0.2) is 38.5 Å². The van der Waals surface area contributed by atoms with Crippen LogP contribution < -0.4 is 15.6 Å². The van der Waals surface area contributed by atoms with Crippen molar-refractivity contribution in [1.82, 2.24) is 25.2 Å². The molecule has 10 heteroatoms. The van der Waals surface area contributed by atoms with Gasteiger partial charge in [0.25, 0.3) is 0 Å². The number of benzene rings is 2. The fourth-order valence-corrected chi connectivity index (χ4v) is 3.73. The Morgan fingerprint density at radius 2 is 1.88 bits per heavy atom. The van der Waals surface area contributed by atoms with Crippen molar-refractivity contribution in [3.8, 4) is 22.8 Å². The number of aromatic nitrogens is 4. The van der Waals surface area contributed by atoms with Crippen LogP contribution in [0.2, 0.25) is 5.02 Å². The number of methoxy groups -OCH3 is 1. The van der Waals surface area contributed by atoms with Gasteiger partial charge in [-0.2, -0.15) is 0 Å². The second-order valence-corrected chi connectivity index (χ2v) is 7.93. The molecule has 0 radical (unpaired) electrons. The molecule has 0 atom stereocenters. The van der Waals surface area contributed by atoms with Gasteiger partial charge in [-0.3, -0.25) is 25.2 Å². The molecule has 0 bridgehead atoms. The van der Waals surface area contributed by atoms with Gasteiger partial charge >= 0.3 is 0 Å². The molecule has 0 fully saturated rings. The lowest BCUT2D eigenvalue weighted by Crippen LogP contribution is -2.30. The molecule has 0 aliphatic carbocycles. The van der Waals surface area contributed by atoms with Crippen LogP contribution in [0.3, 0.4) is 0 Å². The first-order chi connectivity index (χ1) is 15.6. The lowest BCUT2D eigenvalue weighted by Gasteiger charge is -2.11. The molecule has 4 aromatic rings. The maximum Gasteiger partial charge on any atom is 0.248 e. The number of rotatable bonds is 8. The second kappa shape index (κ2) is 10.2. The molecule has 0 saturated carbocycles. The van der Waals surface area contributed by atoms with Gasteiger partial charge in [0, 0.05) is 28.7 Å². The van der Waals surface area contributed by atoms with Gasteiger partial charge in [-0.1, -0.05) is 23.4 Å². The van der Waals surface area contributed by atoms with Crippen molar-refractivity contribution in [2.24, 2.45) is 0 Å². The molecule has 2 heterocycles. The molecule has 2 aromatic heterocycles. The number of hydrogen-bond donors (Lipinski definition) is 2. The first kappa shape index (κ1) is 21.7. The summed E-state index contributed by atoms with van der Waals surface area (Å²) in [6.07, 6.45) is 3.42. The Hall–Kier alpha value is -3.56. The maximum absolute atomic E-state index is 12.4. The number of nitrogens with zero attached hydrogens (tertiary/aromatic N) is 4. The number of pyridine rings is 1. The Bertz CT molecular complexity index is 1180. The standard InChI is InChI=1S/C22H19ClN6O2S/c1-31-19-10-8-18(9-11-19)29-21(15-3-2-12-24-13-15)27-28-22(29)32-14-20(30)26-25-17-6-4-16(23)5-7-17/h2-13,25H,14H2,1H3,(H,26,30). The molecule has 162 valence electrons. The lowest BCUT2D eigenvalue weighted by molar-refractivity contribution is -0.118. The number of hydrogen-bond acceptors (Lipinski definition) is 7. The monoisotopic (exact) mass is 466 g/mol. The average Bonchev–Trinajstić information content (AvgIpc) is 3.27. The highest BCUT2D eigenvalue weighted by atomic mass is 35.5. The van der Waals surface area contributed by atoms with Gasteiger partial charge in [0.15, 0.2) is 11.0 Å². The highest BCUT2D eigenvalue weighted by Crippen LogP contribution is 2.28. The van der Waals surface area contributed by atoms with Crippen molar-refractivity contribution in [3.63, 3.8) is 0 Å². The van der Waals surface area contributed by atoms with E-state index >= 15 is 0 Å². The minimum absolute atomic E-state index is 0.141. The molecule has 0 spiro atoms. The molecular weight excluding hydrogens is 448 g/mol. The first-order valence-electron chi connectivity index (χ1n) is 9.57. The number of nitrogens with one attached hydrogen (secondary N) is 2. The summed E-state index contributed by atoms with van der Waals surface area (Å²) in [4.78, 5) is 16.5. The Labute approximate surface area is 194 Å². The van der Waals surface area contributed by atoms with Gasteiger partial charge in [-0.05, 0) is 60.7 Å². The smallest absolute Gasteiger partial charge is 0.248 e. The van der Waals surface area contributed by atoms with Crippen molar-refractivity contribution in [2.45, 2.75) is 5.16 Å². The highest BCUT2D eigenvalue weighted by Gasteiger charge is 2.17. The molecule has 0 aliphatic rings. The lowest BCUT2D eigenvalue weighted by atomic mass is 10.2. The van der Waals surface area contributed by atoms with E-state index in [2.05, 4.69) is 26.0 Å². The predicted molar refractivity (Wildman–Crippen MR) is 125 cm³/mol. The van der Waals surface area contributed by atoms with Crippen molar-refractivity contribution >= 4 is 35.0 Å². The zero-order chi connectivity index (χ0) is 22.3. The number of amides is 1. The maximum atomic E-state index is 12.4. The number of ether oxygens (including phenoxy) is 1. The van der Waals surface area contributed by atoms with Crippen molar-refractivity contribution in [1.29, 1.82) is 0 Å². The number of halogens is 1. The predicted octanol–water partition coefficient (Wildman–Crippen LogP) is 4.23. The Morgan fingerprint density at radius 3 is 2.56 bits per heavy atom. The average molecular weight is 467 g/mol. The summed E-state index contributed by atoms with van der Waals surface area (Å²) >= 11 is 7.15. The molecule has 0 unspecified atom stereocenters. The molecule has 4 rings (SSSR count). The van der Waals surface area contributed by atoms with Crippen molar-refractivity contribution < 1.29 is 9.53 Å². The third-order valence-corrected chi connectivity index (χ3v) is 5.59. The number of carbonyl (C=O) groups is 1. The summed E-state index contributed by atoms with van der Waals surface area (Å²) in [5.41, 5.74) is 7.92. The second-order valence-electron chi connectivity index (χ2n) is 6.55. The van der Waals surface area contributed by atoms with Crippen LogP contribution in [0.4, 0.5) is 5.69 Å². The number of thioether (sulfide) groups is 1. The summed E-state index contributed by atoms with van der Waals surface area (Å²) in [7, 11) is 1.62. The minimum Gasteiger partial charge on any atom is -0.497 e. The number of anilines is 1. The van der Waals surface area contributed by atoms with E-state index in [9.17, 15) is 4.79 Å². The summed E-state index contributed by atoms with van der Waals surface area (Å²) in [6.45, 7) is 0. The van der Waals surface area contributed by atoms with Crippen LogP contribution >= 0.6 is 23.4 Å².